The summed E-state index contributed by atoms with van der Waals surface area (Å²) in [5.74, 6) is 0.473. The Morgan fingerprint density at radius 2 is 2.08 bits per heavy atom. The minimum atomic E-state index is -3.41. The molecule has 1 aromatic rings. The van der Waals surface area contributed by atoms with Crippen LogP contribution in [0.4, 0.5) is 0 Å². The van der Waals surface area contributed by atoms with E-state index in [-0.39, 0.29) is 5.60 Å². The summed E-state index contributed by atoms with van der Waals surface area (Å²) in [4.78, 5) is 0.390. The fourth-order valence-electron chi connectivity index (χ4n) is 4.04. The zero-order valence-electron chi connectivity index (χ0n) is 14.5. The maximum absolute atomic E-state index is 12.9. The van der Waals surface area contributed by atoms with E-state index in [1.54, 1.807) is 29.6 Å². The van der Waals surface area contributed by atoms with Crippen LogP contribution < -0.4 is 0 Å². The molecule has 1 aromatic carbocycles. The van der Waals surface area contributed by atoms with Crippen molar-refractivity contribution in [3.05, 3.63) is 29.8 Å². The van der Waals surface area contributed by atoms with Gasteiger partial charge in [-0.05, 0) is 56.2 Å². The molecule has 0 saturated carbocycles. The minimum Gasteiger partial charge on any atom is -0.385 e. The van der Waals surface area contributed by atoms with E-state index in [2.05, 4.69) is 0 Å². The second kappa shape index (κ2) is 7.12. The van der Waals surface area contributed by atoms with Crippen molar-refractivity contribution in [2.75, 3.05) is 33.4 Å². The third kappa shape index (κ3) is 3.38. The van der Waals surface area contributed by atoms with E-state index in [0.717, 1.165) is 44.5 Å². The zero-order valence-corrected chi connectivity index (χ0v) is 15.3. The first-order valence-electron chi connectivity index (χ1n) is 8.68. The van der Waals surface area contributed by atoms with Crippen molar-refractivity contribution in [3.8, 4) is 0 Å². The number of piperidine rings is 1. The monoisotopic (exact) mass is 353 g/mol. The van der Waals surface area contributed by atoms with Gasteiger partial charge in [0.25, 0.3) is 0 Å². The molecule has 2 fully saturated rings. The molecule has 0 unspecified atom stereocenters. The van der Waals surface area contributed by atoms with Crippen LogP contribution in [-0.2, 0) is 19.5 Å². The first-order chi connectivity index (χ1) is 11.5. The number of rotatable bonds is 5. The van der Waals surface area contributed by atoms with Crippen LogP contribution in [0.1, 0.15) is 31.2 Å². The molecular formula is C18H27NO4S. The SMILES string of the molecule is COCC[C@@H]1CCOC12CCN(S(=O)(=O)c1cccc(C)c1)CC2. The highest BCUT2D eigenvalue weighted by Crippen LogP contribution is 2.43. The van der Waals surface area contributed by atoms with Crippen LogP contribution in [0.2, 0.25) is 0 Å². The second-order valence-electron chi connectivity index (χ2n) is 6.90. The van der Waals surface area contributed by atoms with Crippen LogP contribution in [0.5, 0.6) is 0 Å². The Labute approximate surface area is 145 Å². The van der Waals surface area contributed by atoms with E-state index < -0.39 is 10.0 Å². The molecule has 3 rings (SSSR count). The van der Waals surface area contributed by atoms with Gasteiger partial charge in [0.15, 0.2) is 0 Å². The smallest absolute Gasteiger partial charge is 0.243 e. The Kier molecular flexibility index (Phi) is 5.30. The van der Waals surface area contributed by atoms with Crippen molar-refractivity contribution in [1.82, 2.24) is 4.31 Å². The summed E-state index contributed by atoms with van der Waals surface area (Å²) in [6.45, 7) is 4.48. The van der Waals surface area contributed by atoms with Gasteiger partial charge in [0.05, 0.1) is 10.5 Å². The van der Waals surface area contributed by atoms with Crippen LogP contribution in [0.25, 0.3) is 0 Å². The van der Waals surface area contributed by atoms with Gasteiger partial charge in [0, 0.05) is 33.4 Å². The van der Waals surface area contributed by atoms with E-state index in [4.69, 9.17) is 9.47 Å². The van der Waals surface area contributed by atoms with Gasteiger partial charge in [-0.3, -0.25) is 0 Å². The number of sulfonamides is 1. The highest BCUT2D eigenvalue weighted by Gasteiger charge is 2.47. The normalized spacial score (nSPS) is 24.5. The van der Waals surface area contributed by atoms with Crippen molar-refractivity contribution in [3.63, 3.8) is 0 Å². The highest BCUT2D eigenvalue weighted by atomic mass is 32.2. The number of hydrogen-bond donors (Lipinski definition) is 0. The summed E-state index contributed by atoms with van der Waals surface area (Å²) in [5, 5.41) is 0. The predicted molar refractivity (Wildman–Crippen MR) is 92.5 cm³/mol. The summed E-state index contributed by atoms with van der Waals surface area (Å²) < 4.78 is 38.7. The van der Waals surface area contributed by atoms with Crippen LogP contribution in [0, 0.1) is 12.8 Å². The number of nitrogens with zero attached hydrogens (tertiary/aromatic N) is 1. The maximum Gasteiger partial charge on any atom is 0.243 e. The molecule has 0 amide bonds. The molecule has 0 aromatic heterocycles. The third-order valence-electron chi connectivity index (χ3n) is 5.47. The number of ether oxygens (including phenoxy) is 2. The average molecular weight is 353 g/mol. The molecule has 1 spiro atoms. The van der Waals surface area contributed by atoms with Crippen molar-refractivity contribution in [1.29, 1.82) is 0 Å². The zero-order chi connectivity index (χ0) is 17.2. The first kappa shape index (κ1) is 17.9. The number of hydrogen-bond acceptors (Lipinski definition) is 4. The van der Waals surface area contributed by atoms with Gasteiger partial charge >= 0.3 is 0 Å². The van der Waals surface area contributed by atoms with Gasteiger partial charge in [-0.2, -0.15) is 4.31 Å². The standard InChI is InChI=1S/C18H27NO4S/c1-15-4-3-5-17(14-15)24(20,21)19-10-8-18(9-11-19)16(6-12-22-2)7-13-23-18/h3-5,14,16H,6-13H2,1-2H3/t16-/m1/s1. The van der Waals surface area contributed by atoms with Crippen molar-refractivity contribution >= 4 is 10.0 Å². The lowest BCUT2D eigenvalue weighted by molar-refractivity contribution is -0.0603. The summed E-state index contributed by atoms with van der Waals surface area (Å²) in [6, 6.07) is 7.14. The number of benzene rings is 1. The molecule has 2 saturated heterocycles. The summed E-state index contributed by atoms with van der Waals surface area (Å²) in [5.41, 5.74) is 0.806. The van der Waals surface area contributed by atoms with Crippen molar-refractivity contribution in [2.24, 2.45) is 5.92 Å². The molecule has 6 heteroatoms. The Morgan fingerprint density at radius 3 is 2.75 bits per heavy atom. The number of methoxy groups -OCH3 is 1. The topological polar surface area (TPSA) is 55.8 Å². The quantitative estimate of drug-likeness (QED) is 0.816. The second-order valence-corrected chi connectivity index (χ2v) is 8.84. The van der Waals surface area contributed by atoms with Gasteiger partial charge < -0.3 is 9.47 Å². The molecule has 1 atom stereocenters. The van der Waals surface area contributed by atoms with Gasteiger partial charge in [0.2, 0.25) is 10.0 Å². The average Bonchev–Trinajstić information content (AvgIpc) is 2.95. The molecule has 0 N–H and O–H groups in total. The minimum absolute atomic E-state index is 0.156. The summed E-state index contributed by atoms with van der Waals surface area (Å²) in [6.07, 6.45) is 3.58. The van der Waals surface area contributed by atoms with Crippen LogP contribution in [0.3, 0.4) is 0 Å². The fraction of sp³-hybridized carbons (Fsp3) is 0.667. The molecule has 24 heavy (non-hydrogen) atoms. The van der Waals surface area contributed by atoms with Gasteiger partial charge in [0.1, 0.15) is 0 Å². The lowest BCUT2D eigenvalue weighted by Gasteiger charge is -2.41. The Morgan fingerprint density at radius 1 is 1.33 bits per heavy atom. The third-order valence-corrected chi connectivity index (χ3v) is 7.36. The molecule has 134 valence electrons. The van der Waals surface area contributed by atoms with Crippen molar-refractivity contribution < 1.29 is 17.9 Å². The first-order valence-corrected chi connectivity index (χ1v) is 10.1. The lowest BCUT2D eigenvalue weighted by Crippen LogP contribution is -2.49. The van der Waals surface area contributed by atoms with Crippen LogP contribution in [0.15, 0.2) is 29.2 Å². The molecule has 0 radical (unpaired) electrons. The van der Waals surface area contributed by atoms with Gasteiger partial charge in [-0.25, -0.2) is 8.42 Å². The van der Waals surface area contributed by atoms with E-state index in [1.165, 1.54) is 0 Å². The maximum atomic E-state index is 12.9. The van der Waals surface area contributed by atoms with Crippen LogP contribution >= 0.6 is 0 Å². The fourth-order valence-corrected chi connectivity index (χ4v) is 5.58. The summed E-state index contributed by atoms with van der Waals surface area (Å²) >= 11 is 0. The molecular weight excluding hydrogens is 326 g/mol. The predicted octanol–water partition coefficient (Wildman–Crippen LogP) is 2.59. The largest absolute Gasteiger partial charge is 0.385 e. The molecule has 2 aliphatic rings. The van der Waals surface area contributed by atoms with E-state index in [9.17, 15) is 8.42 Å². The number of aryl methyl sites for hydroxylation is 1. The van der Waals surface area contributed by atoms with E-state index in [1.807, 2.05) is 13.0 Å². The molecule has 2 heterocycles. The van der Waals surface area contributed by atoms with Gasteiger partial charge in [-0.15, -0.1) is 0 Å². The molecule has 5 nitrogen and oxygen atoms in total. The Bertz CT molecular complexity index is 665. The van der Waals surface area contributed by atoms with E-state index >= 15 is 0 Å². The van der Waals surface area contributed by atoms with Gasteiger partial charge in [-0.1, -0.05) is 12.1 Å². The molecule has 0 aliphatic carbocycles. The van der Waals surface area contributed by atoms with E-state index in [0.29, 0.717) is 23.9 Å². The van der Waals surface area contributed by atoms with Crippen LogP contribution in [-0.4, -0.2) is 51.7 Å². The lowest BCUT2D eigenvalue weighted by atomic mass is 9.78. The Hall–Kier alpha value is -0.950. The highest BCUT2D eigenvalue weighted by molar-refractivity contribution is 7.89. The molecule has 0 bridgehead atoms. The van der Waals surface area contributed by atoms with Crippen molar-refractivity contribution in [2.45, 2.75) is 43.1 Å². The Balaban J connectivity index is 1.70. The molecule has 2 aliphatic heterocycles. The summed E-state index contributed by atoms with van der Waals surface area (Å²) in [7, 11) is -1.69.